The average Bonchev–Trinajstić information content (AvgIpc) is 2.54. The fourth-order valence-electron chi connectivity index (χ4n) is 3.58. The molecule has 24 heavy (non-hydrogen) atoms. The van der Waals surface area contributed by atoms with Gasteiger partial charge in [0.15, 0.2) is 5.78 Å². The largest absolute Gasteiger partial charge is 0.468 e. The number of allylic oxidation sites excluding steroid dienone is 2. The van der Waals surface area contributed by atoms with Crippen LogP contribution in [0.25, 0.3) is 0 Å². The van der Waals surface area contributed by atoms with Gasteiger partial charge in [0.05, 0.1) is 7.11 Å². The predicted octanol–water partition coefficient (Wildman–Crippen LogP) is 2.60. The summed E-state index contributed by atoms with van der Waals surface area (Å²) in [7, 11) is 1.28. The molecule has 0 radical (unpaired) electrons. The topological polar surface area (TPSA) is 72.5 Å². The van der Waals surface area contributed by atoms with Crippen molar-refractivity contribution in [2.75, 3.05) is 7.11 Å². The fraction of sp³-hybridized carbons (Fsp3) is 0.389. The minimum Gasteiger partial charge on any atom is -0.468 e. The molecule has 1 heterocycles. The van der Waals surface area contributed by atoms with E-state index in [0.717, 1.165) is 5.56 Å². The summed E-state index contributed by atoms with van der Waals surface area (Å²) in [4.78, 5) is 37.1. The van der Waals surface area contributed by atoms with Crippen molar-refractivity contribution in [3.63, 3.8) is 0 Å². The first-order chi connectivity index (χ1) is 11.4. The number of hydrogen-bond donors (Lipinski definition) is 1. The van der Waals surface area contributed by atoms with Crippen LogP contribution >= 0.6 is 11.6 Å². The van der Waals surface area contributed by atoms with Crippen LogP contribution in [0.3, 0.4) is 0 Å². The Morgan fingerprint density at radius 2 is 1.88 bits per heavy atom. The van der Waals surface area contributed by atoms with Crippen molar-refractivity contribution < 1.29 is 19.1 Å². The number of methoxy groups -OCH3 is 1. The van der Waals surface area contributed by atoms with E-state index in [4.69, 9.17) is 16.3 Å². The standard InChI is InChI=1S/C18H18ClNO4/c1-9-7-13-16(17(22)15(9)18(23)24-2)12(8-14(21)20-13)10-3-5-11(19)6-4-10/h3-6,9,12,15H,7-8H2,1-2H3,(H,20,21)/t9-,12-,15+/m1/s1. The molecule has 2 aliphatic rings. The van der Waals surface area contributed by atoms with Gasteiger partial charge in [0, 0.05) is 28.6 Å². The van der Waals surface area contributed by atoms with Gasteiger partial charge in [-0.15, -0.1) is 0 Å². The summed E-state index contributed by atoms with van der Waals surface area (Å²) in [5.74, 6) is -2.30. The van der Waals surface area contributed by atoms with Gasteiger partial charge in [-0.2, -0.15) is 0 Å². The molecule has 1 aromatic rings. The molecule has 0 spiro atoms. The maximum absolute atomic E-state index is 13.0. The van der Waals surface area contributed by atoms with Crippen molar-refractivity contribution >= 4 is 29.3 Å². The lowest BCUT2D eigenvalue weighted by atomic mass is 9.70. The van der Waals surface area contributed by atoms with Gasteiger partial charge in [-0.1, -0.05) is 30.7 Å². The molecule has 1 N–H and O–H groups in total. The first-order valence-corrected chi connectivity index (χ1v) is 8.20. The maximum atomic E-state index is 13.0. The maximum Gasteiger partial charge on any atom is 0.316 e. The third-order valence-corrected chi connectivity index (χ3v) is 4.98. The molecular formula is C18H18ClNO4. The molecule has 6 heteroatoms. The van der Waals surface area contributed by atoms with Crippen LogP contribution < -0.4 is 5.32 Å². The Morgan fingerprint density at radius 1 is 1.21 bits per heavy atom. The van der Waals surface area contributed by atoms with Gasteiger partial charge in [-0.05, 0) is 30.0 Å². The number of nitrogens with one attached hydrogen (secondary N) is 1. The van der Waals surface area contributed by atoms with Gasteiger partial charge in [0.2, 0.25) is 5.91 Å². The van der Waals surface area contributed by atoms with E-state index < -0.39 is 11.9 Å². The van der Waals surface area contributed by atoms with Gasteiger partial charge in [0.25, 0.3) is 0 Å². The highest BCUT2D eigenvalue weighted by Gasteiger charge is 2.45. The number of ketones is 1. The summed E-state index contributed by atoms with van der Waals surface area (Å²) in [6.45, 7) is 1.82. The number of rotatable bonds is 2. The van der Waals surface area contributed by atoms with Crippen LogP contribution in [0.5, 0.6) is 0 Å². The number of esters is 1. The minimum atomic E-state index is -0.821. The Bertz CT molecular complexity index is 738. The van der Waals surface area contributed by atoms with Crippen LogP contribution in [0.15, 0.2) is 35.5 Å². The second-order valence-electron chi connectivity index (χ2n) is 6.30. The zero-order chi connectivity index (χ0) is 17.4. The highest BCUT2D eigenvalue weighted by atomic mass is 35.5. The summed E-state index contributed by atoms with van der Waals surface area (Å²) < 4.78 is 4.80. The Morgan fingerprint density at radius 3 is 2.50 bits per heavy atom. The number of carbonyl (C=O) groups excluding carboxylic acids is 3. The number of carbonyl (C=O) groups is 3. The van der Waals surface area contributed by atoms with Crippen molar-refractivity contribution in [3.8, 4) is 0 Å². The third kappa shape index (κ3) is 2.84. The predicted molar refractivity (Wildman–Crippen MR) is 88.3 cm³/mol. The normalized spacial score (nSPS) is 26.7. The molecule has 0 bridgehead atoms. The van der Waals surface area contributed by atoms with Crippen LogP contribution in [-0.2, 0) is 19.1 Å². The van der Waals surface area contributed by atoms with E-state index in [1.807, 2.05) is 19.1 Å². The van der Waals surface area contributed by atoms with Gasteiger partial charge in [0.1, 0.15) is 5.92 Å². The molecule has 0 aromatic heterocycles. The number of Topliss-reactive ketones (excluding diaryl/α,β-unsaturated/α-hetero) is 1. The van der Waals surface area contributed by atoms with E-state index in [1.54, 1.807) is 12.1 Å². The fourth-order valence-corrected chi connectivity index (χ4v) is 3.70. The summed E-state index contributed by atoms with van der Waals surface area (Å²) in [5, 5.41) is 3.40. The summed E-state index contributed by atoms with van der Waals surface area (Å²) in [5.41, 5.74) is 1.99. The Balaban J connectivity index is 2.06. The average molecular weight is 348 g/mol. The summed E-state index contributed by atoms with van der Waals surface area (Å²) >= 11 is 5.93. The molecule has 1 aliphatic carbocycles. The lowest BCUT2D eigenvalue weighted by Crippen LogP contribution is -2.44. The van der Waals surface area contributed by atoms with Gasteiger partial charge in [-0.25, -0.2) is 0 Å². The minimum absolute atomic E-state index is 0.120. The van der Waals surface area contributed by atoms with E-state index in [2.05, 4.69) is 5.32 Å². The molecule has 0 unspecified atom stereocenters. The van der Waals surface area contributed by atoms with E-state index in [0.29, 0.717) is 22.7 Å². The molecule has 0 saturated heterocycles. The highest BCUT2D eigenvalue weighted by molar-refractivity contribution is 6.30. The van der Waals surface area contributed by atoms with Gasteiger partial charge >= 0.3 is 5.97 Å². The van der Waals surface area contributed by atoms with Crippen molar-refractivity contribution in [1.82, 2.24) is 5.32 Å². The second kappa shape index (κ2) is 6.40. The molecular weight excluding hydrogens is 330 g/mol. The zero-order valence-corrected chi connectivity index (χ0v) is 14.2. The van der Waals surface area contributed by atoms with Crippen LogP contribution in [-0.4, -0.2) is 24.8 Å². The van der Waals surface area contributed by atoms with Crippen LogP contribution in [0.2, 0.25) is 5.02 Å². The number of amides is 1. The lowest BCUT2D eigenvalue weighted by molar-refractivity contribution is -0.151. The SMILES string of the molecule is COC(=O)[C@@H]1C(=O)C2=C(C[C@H]1C)NC(=O)C[C@@H]2c1ccc(Cl)cc1. The highest BCUT2D eigenvalue weighted by Crippen LogP contribution is 2.42. The number of ether oxygens (including phenoxy) is 1. The van der Waals surface area contributed by atoms with Crippen LogP contribution in [0.1, 0.15) is 31.2 Å². The zero-order valence-electron chi connectivity index (χ0n) is 13.5. The van der Waals surface area contributed by atoms with Crippen molar-refractivity contribution in [3.05, 3.63) is 46.1 Å². The Kier molecular flexibility index (Phi) is 4.45. The third-order valence-electron chi connectivity index (χ3n) is 4.72. The Labute approximate surface area is 145 Å². The monoisotopic (exact) mass is 347 g/mol. The number of benzene rings is 1. The smallest absolute Gasteiger partial charge is 0.316 e. The number of hydrogen-bond acceptors (Lipinski definition) is 4. The summed E-state index contributed by atoms with van der Waals surface area (Å²) in [6.07, 6.45) is 0.644. The molecule has 5 nitrogen and oxygen atoms in total. The van der Waals surface area contributed by atoms with Gasteiger partial charge < -0.3 is 10.1 Å². The van der Waals surface area contributed by atoms with Crippen molar-refractivity contribution in [1.29, 1.82) is 0 Å². The molecule has 0 saturated carbocycles. The van der Waals surface area contributed by atoms with E-state index in [-0.39, 0.29) is 29.9 Å². The quantitative estimate of drug-likeness (QED) is 0.659. The first kappa shape index (κ1) is 16.7. The van der Waals surface area contributed by atoms with E-state index in [9.17, 15) is 14.4 Å². The molecule has 0 fully saturated rings. The van der Waals surface area contributed by atoms with Crippen LogP contribution in [0, 0.1) is 11.8 Å². The lowest BCUT2D eigenvalue weighted by Gasteiger charge is -2.36. The molecule has 3 rings (SSSR count). The number of halogens is 1. The van der Waals surface area contributed by atoms with E-state index >= 15 is 0 Å². The van der Waals surface area contributed by atoms with E-state index in [1.165, 1.54) is 7.11 Å². The summed E-state index contributed by atoms with van der Waals surface area (Å²) in [6, 6.07) is 7.10. The second-order valence-corrected chi connectivity index (χ2v) is 6.73. The molecule has 3 atom stereocenters. The Hall–Kier alpha value is -2.14. The molecule has 1 aliphatic heterocycles. The molecule has 1 amide bonds. The molecule has 126 valence electrons. The van der Waals surface area contributed by atoms with Crippen molar-refractivity contribution in [2.45, 2.75) is 25.7 Å². The van der Waals surface area contributed by atoms with Crippen molar-refractivity contribution in [2.24, 2.45) is 11.8 Å². The van der Waals surface area contributed by atoms with Crippen LogP contribution in [0.4, 0.5) is 0 Å². The first-order valence-electron chi connectivity index (χ1n) is 7.82. The van der Waals surface area contributed by atoms with Gasteiger partial charge in [-0.3, -0.25) is 14.4 Å². The molecule has 1 aromatic carbocycles.